The minimum atomic E-state index is -1.18. The van der Waals surface area contributed by atoms with Crippen LogP contribution in [0, 0.1) is 15.9 Å². The van der Waals surface area contributed by atoms with E-state index in [-0.39, 0.29) is 11.3 Å². The third-order valence-electron chi connectivity index (χ3n) is 3.79. The van der Waals surface area contributed by atoms with Gasteiger partial charge in [-0.1, -0.05) is 6.07 Å². The maximum absolute atomic E-state index is 12.9. The molecule has 0 heterocycles. The fraction of sp³-hybridized carbons (Fsp3) is 0.211. The molecule has 2 aromatic carbocycles. The predicted octanol–water partition coefficient (Wildman–Crippen LogP) is 2.42. The van der Waals surface area contributed by atoms with E-state index in [1.165, 1.54) is 44.2 Å². The zero-order valence-corrected chi connectivity index (χ0v) is 15.5. The van der Waals surface area contributed by atoms with Crippen molar-refractivity contribution in [2.45, 2.75) is 26.0 Å². The number of anilines is 1. The van der Waals surface area contributed by atoms with Crippen LogP contribution in [0.2, 0.25) is 0 Å². The van der Waals surface area contributed by atoms with E-state index in [1.807, 2.05) is 0 Å². The van der Waals surface area contributed by atoms with Gasteiger partial charge in [0.05, 0.1) is 4.92 Å². The van der Waals surface area contributed by atoms with Crippen LogP contribution in [0.5, 0.6) is 0 Å². The summed E-state index contributed by atoms with van der Waals surface area (Å²) < 4.78 is 17.9. The highest BCUT2D eigenvalue weighted by Crippen LogP contribution is 2.13. The van der Waals surface area contributed by atoms with Gasteiger partial charge in [0.25, 0.3) is 17.5 Å². The number of rotatable bonds is 7. The Labute approximate surface area is 165 Å². The molecule has 0 aliphatic heterocycles. The van der Waals surface area contributed by atoms with Crippen LogP contribution in [-0.4, -0.2) is 34.9 Å². The van der Waals surface area contributed by atoms with Crippen molar-refractivity contribution < 1.29 is 28.4 Å². The van der Waals surface area contributed by atoms with E-state index < -0.39 is 40.7 Å². The highest BCUT2D eigenvalue weighted by molar-refractivity contribution is 5.98. The van der Waals surface area contributed by atoms with Crippen molar-refractivity contribution in [2.75, 3.05) is 5.32 Å². The third-order valence-corrected chi connectivity index (χ3v) is 3.79. The second kappa shape index (κ2) is 9.40. The fourth-order valence-corrected chi connectivity index (χ4v) is 2.21. The monoisotopic (exact) mass is 403 g/mol. The summed E-state index contributed by atoms with van der Waals surface area (Å²) in [5.41, 5.74) is 0.0613. The molecule has 0 bridgehead atoms. The van der Waals surface area contributed by atoms with E-state index in [0.717, 1.165) is 18.2 Å². The van der Waals surface area contributed by atoms with E-state index in [2.05, 4.69) is 10.6 Å². The molecule has 0 saturated carbocycles. The second-order valence-electron chi connectivity index (χ2n) is 6.08. The summed E-state index contributed by atoms with van der Waals surface area (Å²) in [5.74, 6) is -2.68. The molecule has 0 saturated heterocycles. The molecule has 9 nitrogen and oxygen atoms in total. The average Bonchev–Trinajstić information content (AvgIpc) is 2.69. The molecular weight excluding hydrogens is 385 g/mol. The highest BCUT2D eigenvalue weighted by atomic mass is 19.1. The van der Waals surface area contributed by atoms with Crippen LogP contribution in [0.4, 0.5) is 15.8 Å². The van der Waals surface area contributed by atoms with Gasteiger partial charge in [0.2, 0.25) is 0 Å². The lowest BCUT2D eigenvalue weighted by molar-refractivity contribution is -0.384. The first-order chi connectivity index (χ1) is 13.7. The van der Waals surface area contributed by atoms with Crippen molar-refractivity contribution in [1.82, 2.24) is 5.32 Å². The topological polar surface area (TPSA) is 128 Å². The Kier molecular flexibility index (Phi) is 6.96. The lowest BCUT2D eigenvalue weighted by atomic mass is 10.2. The number of carbonyl (C=O) groups is 3. The van der Waals surface area contributed by atoms with Gasteiger partial charge in [0.15, 0.2) is 6.10 Å². The quantitative estimate of drug-likeness (QED) is 0.415. The van der Waals surface area contributed by atoms with E-state index in [9.17, 15) is 28.9 Å². The first kappa shape index (κ1) is 21.5. The smallest absolute Gasteiger partial charge is 0.329 e. The van der Waals surface area contributed by atoms with Crippen molar-refractivity contribution in [3.63, 3.8) is 0 Å². The molecule has 0 fully saturated rings. The standard InChI is InChI=1S/C19H18FN3O6/c1-11(21-18(25)13-4-3-5-16(10-13)23(27)28)19(26)29-12(2)17(24)22-15-8-6-14(20)7-9-15/h3-12H,1-2H3,(H,21,25)(H,22,24)/t11-,12-/m0/s1. The number of nitrogens with one attached hydrogen (secondary N) is 2. The SMILES string of the molecule is C[C@H](NC(=O)c1cccc([N+](=O)[O-])c1)C(=O)O[C@@H](C)C(=O)Nc1ccc(F)cc1. The Hall–Kier alpha value is -3.82. The third kappa shape index (κ3) is 6.09. The molecular formula is C19H18FN3O6. The molecule has 0 aliphatic carbocycles. The summed E-state index contributed by atoms with van der Waals surface area (Å²) in [4.78, 5) is 46.5. The number of hydrogen-bond donors (Lipinski definition) is 2. The van der Waals surface area contributed by atoms with Crippen LogP contribution in [0.3, 0.4) is 0 Å². The molecule has 0 unspecified atom stereocenters. The molecule has 0 aromatic heterocycles. The molecule has 0 spiro atoms. The summed E-state index contributed by atoms with van der Waals surface area (Å²) in [6, 6.07) is 8.94. The minimum absolute atomic E-state index is 0.000881. The average molecular weight is 403 g/mol. The number of esters is 1. The summed E-state index contributed by atoms with van der Waals surface area (Å²) in [5, 5.41) is 15.6. The molecule has 0 aliphatic rings. The second-order valence-corrected chi connectivity index (χ2v) is 6.08. The Morgan fingerprint density at radius 3 is 2.38 bits per heavy atom. The summed E-state index contributed by atoms with van der Waals surface area (Å²) in [6.45, 7) is 2.69. The van der Waals surface area contributed by atoms with E-state index in [0.29, 0.717) is 5.69 Å². The van der Waals surface area contributed by atoms with Gasteiger partial charge in [-0.15, -0.1) is 0 Å². The minimum Gasteiger partial charge on any atom is -0.451 e. The number of ether oxygens (including phenoxy) is 1. The highest BCUT2D eigenvalue weighted by Gasteiger charge is 2.24. The maximum Gasteiger partial charge on any atom is 0.329 e. The van der Waals surface area contributed by atoms with Crippen LogP contribution < -0.4 is 10.6 Å². The van der Waals surface area contributed by atoms with Crippen molar-refractivity contribution in [3.05, 3.63) is 70.0 Å². The number of nitro benzene ring substituents is 1. The molecule has 2 N–H and O–H groups in total. The van der Waals surface area contributed by atoms with Crippen LogP contribution >= 0.6 is 0 Å². The van der Waals surface area contributed by atoms with Gasteiger partial charge in [-0.05, 0) is 44.2 Å². The number of hydrogen-bond acceptors (Lipinski definition) is 6. The van der Waals surface area contributed by atoms with Gasteiger partial charge >= 0.3 is 5.97 Å². The van der Waals surface area contributed by atoms with Crippen LogP contribution in [0.15, 0.2) is 48.5 Å². The number of benzene rings is 2. The van der Waals surface area contributed by atoms with Crippen molar-refractivity contribution in [2.24, 2.45) is 0 Å². The van der Waals surface area contributed by atoms with Gasteiger partial charge in [-0.2, -0.15) is 0 Å². The zero-order chi connectivity index (χ0) is 21.6. The van der Waals surface area contributed by atoms with Crippen molar-refractivity contribution in [1.29, 1.82) is 0 Å². The Morgan fingerprint density at radius 1 is 1.10 bits per heavy atom. The zero-order valence-electron chi connectivity index (χ0n) is 15.5. The van der Waals surface area contributed by atoms with Gasteiger partial charge in [0.1, 0.15) is 11.9 Å². The molecule has 10 heteroatoms. The molecule has 2 rings (SSSR count). The first-order valence-electron chi connectivity index (χ1n) is 8.49. The molecule has 152 valence electrons. The maximum atomic E-state index is 12.9. The number of carbonyl (C=O) groups excluding carboxylic acids is 3. The van der Waals surface area contributed by atoms with Crippen LogP contribution in [0.1, 0.15) is 24.2 Å². The van der Waals surface area contributed by atoms with Gasteiger partial charge in [-0.3, -0.25) is 19.7 Å². The Balaban J connectivity index is 1.91. The first-order valence-corrected chi connectivity index (χ1v) is 8.49. The van der Waals surface area contributed by atoms with E-state index in [1.54, 1.807) is 0 Å². The molecule has 2 amide bonds. The normalized spacial score (nSPS) is 12.4. The predicted molar refractivity (Wildman–Crippen MR) is 101 cm³/mol. The number of halogens is 1. The largest absolute Gasteiger partial charge is 0.451 e. The Morgan fingerprint density at radius 2 is 1.76 bits per heavy atom. The fourth-order valence-electron chi connectivity index (χ4n) is 2.21. The van der Waals surface area contributed by atoms with Gasteiger partial charge < -0.3 is 15.4 Å². The molecule has 29 heavy (non-hydrogen) atoms. The lowest BCUT2D eigenvalue weighted by Gasteiger charge is -2.17. The summed E-state index contributed by atoms with van der Waals surface area (Å²) >= 11 is 0. The van der Waals surface area contributed by atoms with Gasteiger partial charge in [-0.25, -0.2) is 9.18 Å². The van der Waals surface area contributed by atoms with Crippen LogP contribution in [0.25, 0.3) is 0 Å². The Bertz CT molecular complexity index is 932. The molecule has 0 radical (unpaired) electrons. The van der Waals surface area contributed by atoms with Crippen molar-refractivity contribution in [3.8, 4) is 0 Å². The number of amides is 2. The number of nitrogens with zero attached hydrogens (tertiary/aromatic N) is 1. The molecule has 2 aromatic rings. The van der Waals surface area contributed by atoms with E-state index >= 15 is 0 Å². The van der Waals surface area contributed by atoms with Crippen LogP contribution in [-0.2, 0) is 14.3 Å². The molecule has 2 atom stereocenters. The lowest BCUT2D eigenvalue weighted by Crippen LogP contribution is -2.42. The number of nitro groups is 1. The van der Waals surface area contributed by atoms with E-state index in [4.69, 9.17) is 4.74 Å². The summed E-state index contributed by atoms with van der Waals surface area (Å²) in [6.07, 6.45) is -1.18. The van der Waals surface area contributed by atoms with Crippen molar-refractivity contribution >= 4 is 29.2 Å². The summed E-state index contributed by atoms with van der Waals surface area (Å²) in [7, 11) is 0. The van der Waals surface area contributed by atoms with Gasteiger partial charge in [0, 0.05) is 23.4 Å². The number of non-ortho nitro benzene ring substituents is 1.